The average Bonchev–Trinajstić information content (AvgIpc) is 3.26. The predicted octanol–water partition coefficient (Wildman–Crippen LogP) is 8.21. The van der Waals surface area contributed by atoms with Gasteiger partial charge in [-0.25, -0.2) is 0 Å². The number of alkyl halides is 22. The molecule has 0 atom stereocenters. The Morgan fingerprint density at radius 1 is 0.547 bits per heavy atom. The van der Waals surface area contributed by atoms with Crippen molar-refractivity contribution in [2.75, 3.05) is 17.6 Å². The summed E-state index contributed by atoms with van der Waals surface area (Å²) in [7, 11) is 0. The number of aromatic hydroxyl groups is 2. The monoisotopic (exact) mass is 1300 g/mol. The summed E-state index contributed by atoms with van der Waals surface area (Å²) in [5, 5.41) is 26.6. The predicted molar refractivity (Wildman–Crippen MR) is 222 cm³/mol. The molecular formula is C42H48F21IK2O9. The van der Waals surface area contributed by atoms with Gasteiger partial charge in [-0.15, -0.1) is 0 Å². The minimum atomic E-state index is -7.14. The smallest absolute Gasteiger partial charge is 1.00 e. The normalized spacial score (nSPS) is 12.6. The molecule has 426 valence electrons. The third-order valence-electron chi connectivity index (χ3n) is 9.12. The topological polar surface area (TPSA) is 142 Å². The number of rotatable bonds is 24. The summed E-state index contributed by atoms with van der Waals surface area (Å²) in [4.78, 5) is 34.9. The van der Waals surface area contributed by atoms with Gasteiger partial charge in [0, 0.05) is 42.2 Å². The Morgan fingerprint density at radius 2 is 0.907 bits per heavy atom. The van der Waals surface area contributed by atoms with Gasteiger partial charge in [-0.3, -0.25) is 14.4 Å². The molecule has 0 aliphatic carbocycles. The van der Waals surface area contributed by atoms with Crippen molar-refractivity contribution in [2.24, 2.45) is 11.8 Å². The van der Waals surface area contributed by atoms with E-state index >= 15 is 0 Å². The number of halogens is 22. The molecule has 2 N–H and O–H groups in total. The summed E-state index contributed by atoms with van der Waals surface area (Å²) in [6, 6.07) is 6.71. The summed E-state index contributed by atoms with van der Waals surface area (Å²) < 4.78 is 280. The molecule has 75 heavy (non-hydrogen) atoms. The van der Waals surface area contributed by atoms with Crippen LogP contribution in [0.15, 0.2) is 36.4 Å². The minimum Gasteiger partial charge on any atom is -1.00 e. The molecular weight excluding hydrogens is 1250 g/mol. The van der Waals surface area contributed by atoms with E-state index in [4.69, 9.17) is 29.7 Å². The number of ketones is 2. The van der Waals surface area contributed by atoms with Crippen LogP contribution in [0.5, 0.6) is 23.0 Å². The third-order valence-corrected chi connectivity index (χ3v) is 9.89. The SMILES string of the molecule is CC(C)C(=O)c1ccc(O)c(O)c1.CC(C)C(=O)c1ccc(OCCCC(F)(F)C(F)(F)C(F)(F)C(F)(F)F)c(OCCCC(F)(F)C(F)(F)C(F)(F)C(F)(F)F)c1.FC(F)(F)CCCCCCI.O=CO[O-].[H-].[K+].[K+]. The van der Waals surface area contributed by atoms with Crippen molar-refractivity contribution in [2.45, 2.75) is 140 Å². The van der Waals surface area contributed by atoms with Gasteiger partial charge >= 0.3 is 157 Å². The zero-order valence-electron chi connectivity index (χ0n) is 41.2. The Balaban J connectivity index is -0.000000439. The van der Waals surface area contributed by atoms with Gasteiger partial charge in [0.1, 0.15) is 0 Å². The summed E-state index contributed by atoms with van der Waals surface area (Å²) in [5.41, 5.74) is 0.208. The van der Waals surface area contributed by atoms with E-state index in [1.165, 1.54) is 32.0 Å². The molecule has 0 aliphatic rings. The second-order valence-corrected chi connectivity index (χ2v) is 16.7. The number of carbonyl (C=O) groups excluding carboxylic acids is 3. The fourth-order valence-corrected chi connectivity index (χ4v) is 5.63. The summed E-state index contributed by atoms with van der Waals surface area (Å²) in [6.45, 7) is 3.89. The number of ether oxygens (including phenoxy) is 2. The molecule has 2 rings (SSSR count). The number of unbranched alkanes of at least 4 members (excludes halogenated alkanes) is 3. The van der Waals surface area contributed by atoms with Gasteiger partial charge in [0.05, 0.1) is 13.2 Å². The first kappa shape index (κ1) is 80.4. The quantitative estimate of drug-likeness (QED) is 0.0102. The molecule has 0 radical (unpaired) electrons. The Hall–Kier alpha value is -1.06. The molecule has 0 spiro atoms. The van der Waals surface area contributed by atoms with Crippen molar-refractivity contribution in [3.8, 4) is 23.0 Å². The van der Waals surface area contributed by atoms with Gasteiger partial charge in [-0.05, 0) is 66.5 Å². The van der Waals surface area contributed by atoms with Crippen LogP contribution in [0.2, 0.25) is 0 Å². The Morgan fingerprint density at radius 3 is 1.24 bits per heavy atom. The average molecular weight is 1300 g/mol. The minimum absolute atomic E-state index is 0. The molecule has 2 aromatic carbocycles. The molecule has 0 saturated heterocycles. The van der Waals surface area contributed by atoms with Gasteiger partial charge in [0.25, 0.3) is 6.47 Å². The van der Waals surface area contributed by atoms with E-state index in [1.54, 1.807) is 13.8 Å². The van der Waals surface area contributed by atoms with Crippen LogP contribution in [0.1, 0.15) is 108 Å². The Kier molecular flexibility index (Phi) is 36.8. The largest absolute Gasteiger partial charge is 1.00 e. The van der Waals surface area contributed by atoms with Crippen LogP contribution in [-0.2, 0) is 9.68 Å². The number of Topliss-reactive ketones (excluding diaryl/α,β-unsaturated/α-hetero) is 2. The zero-order valence-corrected chi connectivity index (χ0v) is 48.7. The summed E-state index contributed by atoms with van der Waals surface area (Å²) in [6.07, 6.45) is -23.0. The molecule has 0 amide bonds. The van der Waals surface area contributed by atoms with Crippen LogP contribution in [0, 0.1) is 11.8 Å². The van der Waals surface area contributed by atoms with Crippen molar-refractivity contribution in [1.82, 2.24) is 0 Å². The van der Waals surface area contributed by atoms with Gasteiger partial charge in [-0.1, -0.05) is 63.1 Å². The Bertz CT molecular complexity index is 2010. The van der Waals surface area contributed by atoms with Crippen molar-refractivity contribution >= 4 is 40.6 Å². The standard InChI is InChI=1S/C24H22F18O3.C10H12O3.C7H12F3I.CH2O3.2K.H/c1-12(2)16(43)13-5-6-14(44-9-3-7-17(25,26)19(29,30)21(33,34)23(37,38)39)15(11-13)45-10-4-8-18(27,28)20(31,32)22(35,36)24(40,41)42;1-6(2)10(13)7-3-4-8(11)9(12)5-7;8-7(9,10)5-3-1-2-4-6-11;2-1-4-3;;;/h5-6,11-12H,3-4,7-10H2,1-2H3;3-6,11-12H,1-2H3;1-6H2;1,3H;;;/q;;;;2*+1;-1/p-1. The zero-order chi connectivity index (χ0) is 57.8. The van der Waals surface area contributed by atoms with Crippen molar-refractivity contribution in [1.29, 1.82) is 0 Å². The number of carbonyl (C=O) groups is 3. The van der Waals surface area contributed by atoms with E-state index in [0.717, 1.165) is 35.5 Å². The van der Waals surface area contributed by atoms with Crippen LogP contribution < -0.4 is 118 Å². The third kappa shape index (κ3) is 25.5. The maximum absolute atomic E-state index is 13.7. The molecule has 0 unspecified atom stereocenters. The van der Waals surface area contributed by atoms with Gasteiger partial charge in [-0.2, -0.15) is 92.2 Å². The van der Waals surface area contributed by atoms with Gasteiger partial charge in [0.15, 0.2) is 34.6 Å². The fraction of sp³-hybridized carbons (Fsp3) is 0.643. The van der Waals surface area contributed by atoms with Gasteiger partial charge < -0.3 is 31.3 Å². The molecule has 0 heterocycles. The van der Waals surface area contributed by atoms with E-state index in [1.807, 2.05) is 0 Å². The van der Waals surface area contributed by atoms with E-state index in [2.05, 4.69) is 27.5 Å². The van der Waals surface area contributed by atoms with Gasteiger partial charge in [0.2, 0.25) is 0 Å². The first-order valence-electron chi connectivity index (χ1n) is 20.6. The number of hydrogen-bond acceptors (Lipinski definition) is 9. The van der Waals surface area contributed by atoms with Crippen LogP contribution in [0.4, 0.5) is 92.2 Å². The number of benzene rings is 2. The number of phenolic OH excluding ortho intramolecular Hbond substituents is 2. The number of hydrogen-bond donors (Lipinski definition) is 2. The van der Waals surface area contributed by atoms with Crippen LogP contribution in [0.25, 0.3) is 0 Å². The van der Waals surface area contributed by atoms with E-state index in [0.29, 0.717) is 18.4 Å². The molecule has 2 aromatic rings. The maximum Gasteiger partial charge on any atom is 1.00 e. The first-order valence-corrected chi connectivity index (χ1v) is 22.2. The molecule has 9 nitrogen and oxygen atoms in total. The van der Waals surface area contributed by atoms with Crippen molar-refractivity contribution in [3.63, 3.8) is 0 Å². The molecule has 0 aliphatic heterocycles. The van der Waals surface area contributed by atoms with E-state index in [-0.39, 0.29) is 139 Å². The maximum atomic E-state index is 13.7. The first-order chi connectivity index (χ1) is 32.9. The number of phenols is 2. The molecule has 33 heteroatoms. The summed E-state index contributed by atoms with van der Waals surface area (Å²) >= 11 is 2.23. The fourth-order valence-electron chi connectivity index (χ4n) is 5.09. The molecule has 0 saturated carbocycles. The molecule has 0 bridgehead atoms. The summed E-state index contributed by atoms with van der Waals surface area (Å²) in [5.74, 6) is -43.2. The van der Waals surface area contributed by atoms with Crippen molar-refractivity contribution < 1.29 is 241 Å². The van der Waals surface area contributed by atoms with Crippen LogP contribution in [-0.4, -0.2) is 100.0 Å². The second kappa shape index (κ2) is 34.3. The molecule has 0 aromatic heterocycles. The van der Waals surface area contributed by atoms with Crippen LogP contribution in [0.3, 0.4) is 0 Å². The Labute approximate surface area is 515 Å². The van der Waals surface area contributed by atoms with Crippen LogP contribution >= 0.6 is 22.6 Å². The van der Waals surface area contributed by atoms with E-state index < -0.39 is 123 Å². The van der Waals surface area contributed by atoms with E-state index in [9.17, 15) is 102 Å². The second-order valence-electron chi connectivity index (χ2n) is 15.7. The molecule has 0 fully saturated rings. The van der Waals surface area contributed by atoms with Crippen molar-refractivity contribution in [3.05, 3.63) is 47.5 Å².